The van der Waals surface area contributed by atoms with E-state index in [-0.39, 0.29) is 18.0 Å². The van der Waals surface area contributed by atoms with Crippen molar-refractivity contribution in [1.82, 2.24) is 14.3 Å². The number of aliphatic hydroxyl groups excluding tert-OH is 1. The highest BCUT2D eigenvalue weighted by atomic mass is 32.2. The van der Waals surface area contributed by atoms with Gasteiger partial charge < -0.3 is 10.1 Å². The molecule has 0 radical (unpaired) electrons. The van der Waals surface area contributed by atoms with E-state index in [0.717, 1.165) is 5.69 Å². The summed E-state index contributed by atoms with van der Waals surface area (Å²) in [5.41, 5.74) is 2.00. The van der Waals surface area contributed by atoms with Crippen molar-refractivity contribution in [1.29, 1.82) is 0 Å². The van der Waals surface area contributed by atoms with Crippen LogP contribution in [-0.4, -0.2) is 34.8 Å². The lowest BCUT2D eigenvalue weighted by Crippen LogP contribution is -2.26. The van der Waals surface area contributed by atoms with Crippen LogP contribution in [0.3, 0.4) is 0 Å². The van der Waals surface area contributed by atoms with Gasteiger partial charge in [0.15, 0.2) is 0 Å². The molecule has 0 amide bonds. The predicted octanol–water partition coefficient (Wildman–Crippen LogP) is 1.03. The first-order valence-electron chi connectivity index (χ1n) is 6.10. The second-order valence-corrected chi connectivity index (χ2v) is 6.60. The number of hydrogen-bond acceptors (Lipinski definition) is 4. The molecule has 108 valence electrons. The van der Waals surface area contributed by atoms with Crippen LogP contribution in [-0.2, 0) is 23.2 Å². The summed E-state index contributed by atoms with van der Waals surface area (Å²) in [7, 11) is -2.08. The molecule has 0 fully saturated rings. The summed E-state index contributed by atoms with van der Waals surface area (Å²) in [6.45, 7) is 1.83. The molecule has 2 rings (SSSR count). The fourth-order valence-corrected chi connectivity index (χ4v) is 3.00. The summed E-state index contributed by atoms with van der Waals surface area (Å²) in [5, 5.41) is 8.97. The van der Waals surface area contributed by atoms with Gasteiger partial charge in [-0.05, 0) is 25.1 Å². The molecule has 2 aromatic heterocycles. The summed E-state index contributed by atoms with van der Waals surface area (Å²) in [4.78, 5) is 7.14. The van der Waals surface area contributed by atoms with Crippen LogP contribution in [0.2, 0.25) is 0 Å². The van der Waals surface area contributed by atoms with E-state index in [9.17, 15) is 8.42 Å². The minimum Gasteiger partial charge on any atom is -0.390 e. The second kappa shape index (κ2) is 5.74. The van der Waals surface area contributed by atoms with Crippen LogP contribution in [0.25, 0.3) is 0 Å². The Morgan fingerprint density at radius 2 is 2.15 bits per heavy atom. The number of hydrogen-bond donors (Lipinski definition) is 2. The molecule has 20 heavy (non-hydrogen) atoms. The van der Waals surface area contributed by atoms with Crippen LogP contribution < -0.4 is 0 Å². The number of aliphatic hydroxyl groups is 1. The van der Waals surface area contributed by atoms with Crippen molar-refractivity contribution < 1.29 is 13.5 Å². The number of aromatic amines is 1. The fraction of sp³-hybridized carbons (Fsp3) is 0.308. The van der Waals surface area contributed by atoms with Gasteiger partial charge >= 0.3 is 0 Å². The number of aromatic nitrogens is 2. The van der Waals surface area contributed by atoms with Crippen molar-refractivity contribution in [2.45, 2.75) is 25.0 Å². The van der Waals surface area contributed by atoms with E-state index in [0.29, 0.717) is 11.4 Å². The zero-order valence-corrected chi connectivity index (χ0v) is 12.2. The molecule has 0 saturated carbocycles. The number of H-pyrrole nitrogens is 1. The third kappa shape index (κ3) is 3.06. The van der Waals surface area contributed by atoms with Crippen molar-refractivity contribution in [2.75, 3.05) is 7.05 Å². The highest BCUT2D eigenvalue weighted by Gasteiger charge is 2.22. The lowest BCUT2D eigenvalue weighted by atomic mass is 10.3. The molecule has 0 unspecified atom stereocenters. The fourth-order valence-electron chi connectivity index (χ4n) is 1.84. The van der Waals surface area contributed by atoms with Crippen molar-refractivity contribution in [3.8, 4) is 0 Å². The van der Waals surface area contributed by atoms with E-state index in [1.165, 1.54) is 23.6 Å². The smallest absolute Gasteiger partial charge is 0.244 e. The van der Waals surface area contributed by atoms with Crippen LogP contribution in [0.1, 0.15) is 17.1 Å². The largest absolute Gasteiger partial charge is 0.390 e. The molecule has 0 saturated heterocycles. The molecule has 2 N–H and O–H groups in total. The van der Waals surface area contributed by atoms with Crippen LogP contribution in [0.15, 0.2) is 35.4 Å². The van der Waals surface area contributed by atoms with E-state index < -0.39 is 10.0 Å². The van der Waals surface area contributed by atoms with Gasteiger partial charge in [-0.3, -0.25) is 4.98 Å². The predicted molar refractivity (Wildman–Crippen MR) is 74.3 cm³/mol. The average Bonchev–Trinajstić information content (AvgIpc) is 2.88. The molecule has 6 nitrogen and oxygen atoms in total. The van der Waals surface area contributed by atoms with Crippen LogP contribution in [0.5, 0.6) is 0 Å². The molecular weight excluding hydrogens is 278 g/mol. The topological polar surface area (TPSA) is 86.3 Å². The van der Waals surface area contributed by atoms with E-state index in [1.807, 2.05) is 19.1 Å². The van der Waals surface area contributed by atoms with Gasteiger partial charge in [0.1, 0.15) is 0 Å². The maximum absolute atomic E-state index is 12.3. The van der Waals surface area contributed by atoms with Crippen LogP contribution in [0, 0.1) is 6.92 Å². The van der Waals surface area contributed by atoms with Gasteiger partial charge in [0, 0.05) is 24.6 Å². The van der Waals surface area contributed by atoms with Crippen molar-refractivity contribution in [3.05, 3.63) is 47.5 Å². The maximum Gasteiger partial charge on any atom is 0.244 e. The number of nitrogens with zero attached hydrogens (tertiary/aromatic N) is 2. The summed E-state index contributed by atoms with van der Waals surface area (Å²) in [5.74, 6) is 0. The maximum atomic E-state index is 12.3. The molecule has 0 spiro atoms. The first kappa shape index (κ1) is 14.7. The van der Waals surface area contributed by atoms with E-state index >= 15 is 0 Å². The van der Waals surface area contributed by atoms with Gasteiger partial charge in [0.25, 0.3) is 0 Å². The van der Waals surface area contributed by atoms with Gasteiger partial charge in [-0.2, -0.15) is 4.31 Å². The Kier molecular flexibility index (Phi) is 4.22. The van der Waals surface area contributed by atoms with E-state index in [2.05, 4.69) is 9.97 Å². The number of aryl methyl sites for hydroxylation is 1. The van der Waals surface area contributed by atoms with Gasteiger partial charge in [-0.1, -0.05) is 6.07 Å². The van der Waals surface area contributed by atoms with Crippen LogP contribution >= 0.6 is 0 Å². The summed E-state index contributed by atoms with van der Waals surface area (Å²) in [6, 6.07) is 6.92. The normalized spacial score (nSPS) is 12.0. The molecule has 2 heterocycles. The lowest BCUT2D eigenvalue weighted by Gasteiger charge is -2.15. The standard InChI is InChI=1S/C13H17N3O3S/c1-10-4-3-5-11(15-10)8-16(2)20(18,19)13-6-12(9-17)14-7-13/h3-7,14,17H,8-9H2,1-2H3. The Hall–Kier alpha value is -1.70. The lowest BCUT2D eigenvalue weighted by molar-refractivity contribution is 0.277. The molecule has 2 aromatic rings. The first-order valence-corrected chi connectivity index (χ1v) is 7.54. The zero-order chi connectivity index (χ0) is 14.8. The molecule has 0 aliphatic rings. The highest BCUT2D eigenvalue weighted by molar-refractivity contribution is 7.89. The van der Waals surface area contributed by atoms with Gasteiger partial charge in [-0.15, -0.1) is 0 Å². The Balaban J connectivity index is 2.21. The molecule has 0 aromatic carbocycles. The Morgan fingerprint density at radius 1 is 1.40 bits per heavy atom. The molecule has 0 atom stereocenters. The number of nitrogens with one attached hydrogen (secondary N) is 1. The Labute approximate surface area is 118 Å². The summed E-state index contributed by atoms with van der Waals surface area (Å²) < 4.78 is 25.9. The summed E-state index contributed by atoms with van der Waals surface area (Å²) >= 11 is 0. The van der Waals surface area contributed by atoms with Crippen molar-refractivity contribution >= 4 is 10.0 Å². The number of pyridine rings is 1. The molecule has 0 aliphatic carbocycles. The van der Waals surface area contributed by atoms with E-state index in [4.69, 9.17) is 5.11 Å². The first-order chi connectivity index (χ1) is 9.43. The minimum absolute atomic E-state index is 0.136. The molecular formula is C13H17N3O3S. The monoisotopic (exact) mass is 295 g/mol. The number of rotatable bonds is 5. The third-order valence-corrected chi connectivity index (χ3v) is 4.71. The Morgan fingerprint density at radius 3 is 2.75 bits per heavy atom. The molecule has 7 heteroatoms. The van der Waals surface area contributed by atoms with Crippen molar-refractivity contribution in [2.24, 2.45) is 0 Å². The molecule has 0 aliphatic heterocycles. The van der Waals surface area contributed by atoms with Gasteiger partial charge in [0.05, 0.1) is 23.7 Å². The number of sulfonamides is 1. The van der Waals surface area contributed by atoms with Gasteiger partial charge in [0.2, 0.25) is 10.0 Å². The second-order valence-electron chi connectivity index (χ2n) is 4.55. The average molecular weight is 295 g/mol. The molecule has 0 bridgehead atoms. The zero-order valence-electron chi connectivity index (χ0n) is 11.4. The van der Waals surface area contributed by atoms with Crippen LogP contribution in [0.4, 0.5) is 0 Å². The third-order valence-electron chi connectivity index (χ3n) is 2.93. The quantitative estimate of drug-likeness (QED) is 0.862. The summed E-state index contributed by atoms with van der Waals surface area (Å²) in [6.07, 6.45) is 1.38. The highest BCUT2D eigenvalue weighted by Crippen LogP contribution is 2.17. The SMILES string of the molecule is Cc1cccc(CN(C)S(=O)(=O)c2c[nH]c(CO)c2)n1. The van der Waals surface area contributed by atoms with Crippen molar-refractivity contribution in [3.63, 3.8) is 0 Å². The Bertz CT molecular complexity index is 694. The van der Waals surface area contributed by atoms with E-state index in [1.54, 1.807) is 6.07 Å². The van der Waals surface area contributed by atoms with Gasteiger partial charge in [-0.25, -0.2) is 8.42 Å². The minimum atomic E-state index is -3.59.